The van der Waals surface area contributed by atoms with Crippen LogP contribution in [0.25, 0.3) is 11.1 Å². The van der Waals surface area contributed by atoms with Crippen LogP contribution in [0.15, 0.2) is 41.4 Å². The Morgan fingerprint density at radius 3 is 1.84 bits per heavy atom. The van der Waals surface area contributed by atoms with Crippen molar-refractivity contribution in [3.63, 3.8) is 0 Å². The van der Waals surface area contributed by atoms with E-state index in [4.69, 9.17) is 4.74 Å². The molecule has 0 atom stereocenters. The van der Waals surface area contributed by atoms with Crippen LogP contribution in [0.5, 0.6) is 5.75 Å². The first-order valence-electron chi connectivity index (χ1n) is 10.4. The van der Waals surface area contributed by atoms with E-state index in [2.05, 4.69) is 23.3 Å². The largest absolute Gasteiger partial charge is 0.467 e. The van der Waals surface area contributed by atoms with Gasteiger partial charge in [-0.15, -0.1) is 23.8 Å². The van der Waals surface area contributed by atoms with Crippen LogP contribution in [0.3, 0.4) is 0 Å². The maximum atomic E-state index is 13.5. The van der Waals surface area contributed by atoms with Gasteiger partial charge in [0.2, 0.25) is 0 Å². The molecule has 0 saturated carbocycles. The number of halogens is 6. The zero-order valence-corrected chi connectivity index (χ0v) is 24.4. The summed E-state index contributed by atoms with van der Waals surface area (Å²) in [5.74, 6) is -2.12. The van der Waals surface area contributed by atoms with Crippen molar-refractivity contribution in [3.8, 4) is 16.9 Å². The molecule has 0 bridgehead atoms. The number of esters is 1. The topological polar surface area (TPSA) is 38.7 Å². The second-order valence-electron chi connectivity index (χ2n) is 8.18. The summed E-state index contributed by atoms with van der Waals surface area (Å²) in [5, 5.41) is 1.53. The third-order valence-corrected chi connectivity index (χ3v) is 5.46. The van der Waals surface area contributed by atoms with Gasteiger partial charge in [0.15, 0.2) is 0 Å². The van der Waals surface area contributed by atoms with Crippen LogP contribution in [-0.4, -0.2) is 11.1 Å². The number of aliphatic imine (C=N–C) groups is 1. The maximum Gasteiger partial charge on any atom is 0.418 e. The number of rotatable bonds is 4. The van der Waals surface area contributed by atoms with Gasteiger partial charge in [0, 0.05) is 35.6 Å². The molecular weight excluding hydrogens is 643 g/mol. The molecule has 0 spiro atoms. The van der Waals surface area contributed by atoms with E-state index in [1.165, 1.54) is 11.2 Å². The SMILES string of the molecule is Cc1cc(C)c(-c2c[c-]c(C(=O)Oc3cc(C(F)(F)F)c(N=C=S)c(C(F)(F)F)c3)c(C)c2)c(C)c1.[La]. The van der Waals surface area contributed by atoms with E-state index in [0.29, 0.717) is 5.56 Å². The van der Waals surface area contributed by atoms with Gasteiger partial charge in [0.05, 0.1) is 22.0 Å². The van der Waals surface area contributed by atoms with Crippen LogP contribution in [0.1, 0.15) is 43.7 Å². The number of ether oxygens (including phenoxy) is 1. The Bertz CT molecular complexity index is 1350. The number of hydrogen-bond acceptors (Lipinski definition) is 4. The molecule has 0 unspecified atom stereocenters. The molecule has 37 heavy (non-hydrogen) atoms. The summed E-state index contributed by atoms with van der Waals surface area (Å²) >= 11 is 4.21. The number of hydrogen-bond donors (Lipinski definition) is 0. The zero-order chi connectivity index (χ0) is 27.0. The first-order chi connectivity index (χ1) is 16.6. The Balaban J connectivity index is 0.00000481. The molecule has 1 radical (unpaired) electrons. The van der Waals surface area contributed by atoms with Gasteiger partial charge in [0.25, 0.3) is 5.97 Å². The van der Waals surface area contributed by atoms with Crippen molar-refractivity contribution >= 4 is 29.0 Å². The monoisotopic (exact) mass is 661 g/mol. The molecule has 3 aromatic rings. The van der Waals surface area contributed by atoms with Gasteiger partial charge in [0.1, 0.15) is 5.75 Å². The molecule has 11 heteroatoms. The number of carbonyl (C=O) groups is 1. The molecule has 0 aliphatic heterocycles. The van der Waals surface area contributed by atoms with Gasteiger partial charge in [-0.3, -0.25) is 0 Å². The molecule has 0 fully saturated rings. The van der Waals surface area contributed by atoms with Crippen LogP contribution >= 0.6 is 12.2 Å². The normalized spacial score (nSPS) is 11.4. The molecule has 0 heterocycles. The fourth-order valence-electron chi connectivity index (χ4n) is 4.03. The molecule has 0 amide bonds. The van der Waals surface area contributed by atoms with Crippen molar-refractivity contribution < 1.29 is 71.5 Å². The minimum atomic E-state index is -5.24. The summed E-state index contributed by atoms with van der Waals surface area (Å²) in [6.07, 6.45) is -10.5. The first kappa shape index (κ1) is 30.9. The molecule has 0 aliphatic rings. The number of benzene rings is 3. The third kappa shape index (κ3) is 6.97. The second-order valence-corrected chi connectivity index (χ2v) is 8.36. The Labute approximate surface area is 242 Å². The van der Waals surface area contributed by atoms with E-state index in [0.717, 1.165) is 27.8 Å². The molecular formula is C26H18F6LaNO2S-. The summed E-state index contributed by atoms with van der Waals surface area (Å²) in [6.45, 7) is 7.39. The summed E-state index contributed by atoms with van der Waals surface area (Å²) in [5.41, 5.74) is 0.00413. The van der Waals surface area contributed by atoms with Crippen molar-refractivity contribution in [2.45, 2.75) is 40.0 Å². The standard InChI is InChI=1S/C26H18F6NO2S.La/c1-13-7-15(3)22(16(4)8-13)17-5-6-19(14(2)9-17)24(34)35-18-10-20(25(27,28)29)23(33-12-36)21(11-18)26(30,31)32;/h5,7-11H,1-4H3;/q-1;. The summed E-state index contributed by atoms with van der Waals surface area (Å²) in [7, 11) is 0. The number of carbonyl (C=O) groups excluding carboxylic acids is 1. The van der Waals surface area contributed by atoms with E-state index < -0.39 is 40.9 Å². The van der Waals surface area contributed by atoms with Crippen LogP contribution in [-0.2, 0) is 12.4 Å². The van der Waals surface area contributed by atoms with Gasteiger partial charge in [-0.1, -0.05) is 52.4 Å². The fourth-order valence-corrected chi connectivity index (χ4v) is 4.12. The van der Waals surface area contributed by atoms with Gasteiger partial charge >= 0.3 is 12.4 Å². The van der Waals surface area contributed by atoms with E-state index in [-0.39, 0.29) is 53.3 Å². The van der Waals surface area contributed by atoms with E-state index in [1.54, 1.807) is 13.0 Å². The first-order valence-corrected chi connectivity index (χ1v) is 10.8. The smallest absolute Gasteiger partial charge is 0.418 e. The van der Waals surface area contributed by atoms with Crippen LogP contribution in [0.2, 0.25) is 0 Å². The van der Waals surface area contributed by atoms with E-state index in [9.17, 15) is 31.1 Å². The van der Waals surface area contributed by atoms with E-state index in [1.807, 2.05) is 32.9 Å². The van der Waals surface area contributed by atoms with Crippen molar-refractivity contribution in [2.75, 3.05) is 0 Å². The minimum Gasteiger partial charge on any atom is -0.467 e. The second kappa shape index (κ2) is 11.6. The molecule has 3 aromatic carbocycles. The van der Waals surface area contributed by atoms with Gasteiger partial charge < -0.3 is 9.53 Å². The van der Waals surface area contributed by atoms with Gasteiger partial charge in [-0.25, -0.2) is 0 Å². The summed E-state index contributed by atoms with van der Waals surface area (Å²) in [6, 6.07) is 10.5. The third-order valence-electron chi connectivity index (χ3n) is 5.37. The van der Waals surface area contributed by atoms with Gasteiger partial charge in [-0.05, 0) is 45.1 Å². The molecule has 0 aliphatic carbocycles. The maximum absolute atomic E-state index is 13.5. The average Bonchev–Trinajstić information content (AvgIpc) is 2.72. The number of aryl methyl sites for hydroxylation is 4. The zero-order valence-electron chi connectivity index (χ0n) is 20.0. The Kier molecular flexibility index (Phi) is 9.71. The predicted octanol–water partition coefficient (Wildman–Crippen LogP) is 8.38. The minimum absolute atomic E-state index is 0. The van der Waals surface area contributed by atoms with Crippen LogP contribution in [0, 0.1) is 69.4 Å². The molecule has 0 saturated heterocycles. The number of nitrogens with zero attached hydrogens (tertiary/aromatic N) is 1. The summed E-state index contributed by atoms with van der Waals surface area (Å²) in [4.78, 5) is 15.7. The molecule has 0 aromatic heterocycles. The molecule has 3 nitrogen and oxygen atoms in total. The average molecular weight is 661 g/mol. The van der Waals surface area contributed by atoms with Crippen LogP contribution < -0.4 is 4.74 Å². The fraction of sp³-hybridized carbons (Fsp3) is 0.231. The van der Waals surface area contributed by atoms with Gasteiger partial charge in [-0.2, -0.15) is 31.3 Å². The van der Waals surface area contributed by atoms with Crippen molar-refractivity contribution in [2.24, 2.45) is 4.99 Å². The Morgan fingerprint density at radius 2 is 1.41 bits per heavy atom. The quantitative estimate of drug-likeness (QED) is 0.0705. The number of thiocarbonyl (C=S) groups is 1. The number of isothiocyanates is 1. The van der Waals surface area contributed by atoms with Crippen molar-refractivity contribution in [3.05, 3.63) is 81.4 Å². The van der Waals surface area contributed by atoms with Crippen molar-refractivity contribution in [1.82, 2.24) is 0 Å². The van der Waals surface area contributed by atoms with E-state index >= 15 is 0 Å². The predicted molar refractivity (Wildman–Crippen MR) is 126 cm³/mol. The molecule has 3 rings (SSSR count). The Morgan fingerprint density at radius 1 is 0.892 bits per heavy atom. The van der Waals surface area contributed by atoms with Crippen LogP contribution in [0.4, 0.5) is 32.0 Å². The Hall–Kier alpha value is -2.30. The summed E-state index contributed by atoms with van der Waals surface area (Å²) < 4.78 is 86.0. The molecule has 191 valence electrons. The molecule has 0 N–H and O–H groups in total. The number of alkyl halides is 6. The van der Waals surface area contributed by atoms with Crippen molar-refractivity contribution in [1.29, 1.82) is 0 Å².